The van der Waals surface area contributed by atoms with Crippen molar-refractivity contribution in [1.29, 1.82) is 0 Å². The monoisotopic (exact) mass is 481 g/mol. The number of aromatic nitrogens is 2. The predicted octanol–water partition coefficient (Wildman–Crippen LogP) is 8.09. The topological polar surface area (TPSA) is 56.2 Å². The summed E-state index contributed by atoms with van der Waals surface area (Å²) in [5, 5.41) is 4.03. The third-order valence-electron chi connectivity index (χ3n) is 7.34. The molecule has 0 aliphatic heterocycles. The van der Waals surface area contributed by atoms with Crippen molar-refractivity contribution in [1.82, 2.24) is 4.98 Å². The molecule has 0 unspecified atom stereocenters. The van der Waals surface area contributed by atoms with Gasteiger partial charge in [0.05, 0.1) is 11.1 Å². The van der Waals surface area contributed by atoms with Crippen LogP contribution in [0, 0.1) is 6.92 Å². The molecule has 4 aromatic carbocycles. The van der Waals surface area contributed by atoms with Gasteiger partial charge in [-0.15, -0.1) is 0 Å². The highest BCUT2D eigenvalue weighted by Crippen LogP contribution is 2.40. The van der Waals surface area contributed by atoms with E-state index in [1.54, 1.807) is 0 Å². The molecule has 37 heavy (non-hydrogen) atoms. The highest BCUT2D eigenvalue weighted by molar-refractivity contribution is 6.16. The lowest BCUT2D eigenvalue weighted by atomic mass is 10.0. The summed E-state index contributed by atoms with van der Waals surface area (Å²) in [7, 11) is 2.03. The number of aryl methyl sites for hydroxylation is 2. The molecule has 0 fully saturated rings. The maximum absolute atomic E-state index is 6.67. The molecule has 5 heteroatoms. The Morgan fingerprint density at radius 1 is 0.649 bits per heavy atom. The molecule has 0 saturated carbocycles. The molecule has 176 valence electrons. The van der Waals surface area contributed by atoms with Gasteiger partial charge in [-0.1, -0.05) is 60.7 Å². The van der Waals surface area contributed by atoms with Crippen molar-refractivity contribution in [2.24, 2.45) is 7.05 Å². The molecule has 0 saturated heterocycles. The van der Waals surface area contributed by atoms with Crippen LogP contribution in [0.4, 0.5) is 0 Å². The Bertz CT molecular complexity index is 2160. The van der Waals surface area contributed by atoms with Crippen LogP contribution in [0.15, 0.2) is 104 Å². The molecule has 0 N–H and O–H groups in total. The first kappa shape index (κ1) is 20.3. The van der Waals surface area contributed by atoms with Crippen LogP contribution in [-0.2, 0) is 7.05 Å². The molecular formula is C32H21N2O3+. The average Bonchev–Trinajstić information content (AvgIpc) is 3.59. The maximum atomic E-state index is 6.67. The van der Waals surface area contributed by atoms with E-state index in [1.807, 2.05) is 55.6 Å². The number of nitrogens with zero attached hydrogens (tertiary/aromatic N) is 2. The van der Waals surface area contributed by atoms with E-state index in [9.17, 15) is 0 Å². The van der Waals surface area contributed by atoms with Crippen molar-refractivity contribution >= 4 is 55.1 Å². The van der Waals surface area contributed by atoms with E-state index in [0.29, 0.717) is 5.71 Å². The molecule has 0 aliphatic carbocycles. The summed E-state index contributed by atoms with van der Waals surface area (Å²) in [4.78, 5) is 4.86. The summed E-state index contributed by atoms with van der Waals surface area (Å²) in [6.45, 7) is 2.08. The van der Waals surface area contributed by atoms with Gasteiger partial charge < -0.3 is 13.3 Å². The van der Waals surface area contributed by atoms with Crippen LogP contribution >= 0.6 is 0 Å². The number of pyridine rings is 1. The summed E-state index contributed by atoms with van der Waals surface area (Å²) in [6, 6.07) is 30.7. The summed E-state index contributed by atoms with van der Waals surface area (Å²) in [5.74, 6) is 0.734. The van der Waals surface area contributed by atoms with Gasteiger partial charge in [0, 0.05) is 27.8 Å². The normalized spacial score (nSPS) is 12.1. The van der Waals surface area contributed by atoms with Crippen molar-refractivity contribution in [3.8, 4) is 22.7 Å². The molecule has 5 nitrogen and oxygen atoms in total. The van der Waals surface area contributed by atoms with Crippen molar-refractivity contribution in [2.75, 3.05) is 0 Å². The largest absolute Gasteiger partial charge is 0.456 e. The van der Waals surface area contributed by atoms with Gasteiger partial charge in [-0.2, -0.15) is 4.57 Å². The Hall–Kier alpha value is -4.90. The van der Waals surface area contributed by atoms with E-state index in [4.69, 9.17) is 18.2 Å². The molecular weight excluding hydrogens is 460 g/mol. The van der Waals surface area contributed by atoms with E-state index in [0.717, 1.165) is 77.7 Å². The lowest BCUT2D eigenvalue weighted by Crippen LogP contribution is -2.28. The van der Waals surface area contributed by atoms with Crippen LogP contribution in [-0.4, -0.2) is 4.98 Å². The number of benzene rings is 4. The van der Waals surface area contributed by atoms with E-state index >= 15 is 0 Å². The fourth-order valence-corrected chi connectivity index (χ4v) is 5.49. The Kier molecular flexibility index (Phi) is 4.01. The number of oxazole rings is 1. The highest BCUT2D eigenvalue weighted by Gasteiger charge is 2.29. The average molecular weight is 482 g/mol. The molecule has 8 aromatic rings. The van der Waals surface area contributed by atoms with Gasteiger partial charge in [-0.25, -0.2) is 4.98 Å². The van der Waals surface area contributed by atoms with Gasteiger partial charge in [0.25, 0.3) is 5.52 Å². The maximum Gasteiger partial charge on any atom is 0.385 e. The van der Waals surface area contributed by atoms with E-state index in [1.165, 1.54) is 0 Å². The van der Waals surface area contributed by atoms with Crippen molar-refractivity contribution in [2.45, 2.75) is 6.92 Å². The molecule has 4 aromatic heterocycles. The molecule has 4 heterocycles. The number of para-hydroxylation sites is 1. The Labute approximate surface area is 211 Å². The van der Waals surface area contributed by atoms with Crippen LogP contribution in [0.3, 0.4) is 0 Å². The molecule has 0 spiro atoms. The quantitative estimate of drug-likeness (QED) is 0.234. The van der Waals surface area contributed by atoms with E-state index < -0.39 is 0 Å². The molecule has 0 atom stereocenters. The molecule has 0 bridgehead atoms. The molecule has 0 radical (unpaired) electrons. The Balaban J connectivity index is 1.42. The van der Waals surface area contributed by atoms with Crippen molar-refractivity contribution < 1.29 is 17.8 Å². The number of hydrogen-bond donors (Lipinski definition) is 0. The third-order valence-corrected chi connectivity index (χ3v) is 7.34. The molecule has 0 aliphatic rings. The van der Waals surface area contributed by atoms with Crippen LogP contribution in [0.25, 0.3) is 77.8 Å². The summed E-state index contributed by atoms with van der Waals surface area (Å²) in [6.07, 6.45) is 0. The first-order valence-corrected chi connectivity index (χ1v) is 12.3. The molecule has 8 rings (SSSR count). The van der Waals surface area contributed by atoms with Crippen molar-refractivity contribution in [3.63, 3.8) is 0 Å². The van der Waals surface area contributed by atoms with E-state index in [-0.39, 0.29) is 0 Å². The number of fused-ring (bicyclic) bond motifs is 8. The fraction of sp³-hybridized carbons (Fsp3) is 0.0625. The lowest BCUT2D eigenvalue weighted by Gasteiger charge is -2.00. The lowest BCUT2D eigenvalue weighted by molar-refractivity contribution is -0.637. The zero-order valence-electron chi connectivity index (χ0n) is 20.3. The number of hydrogen-bond acceptors (Lipinski definition) is 4. The second-order valence-corrected chi connectivity index (χ2v) is 9.50. The van der Waals surface area contributed by atoms with Crippen molar-refractivity contribution in [3.05, 3.63) is 96.6 Å². The fourth-order valence-electron chi connectivity index (χ4n) is 5.49. The first-order chi connectivity index (χ1) is 18.2. The van der Waals surface area contributed by atoms with Crippen LogP contribution in [0.1, 0.15) is 5.56 Å². The summed E-state index contributed by atoms with van der Waals surface area (Å²) in [5.41, 5.74) is 8.78. The Morgan fingerprint density at radius 3 is 2.35 bits per heavy atom. The van der Waals surface area contributed by atoms with Gasteiger partial charge in [0.2, 0.25) is 11.3 Å². The minimum absolute atomic E-state index is 0.616. The second-order valence-electron chi connectivity index (χ2n) is 9.50. The zero-order valence-corrected chi connectivity index (χ0v) is 20.3. The van der Waals surface area contributed by atoms with Gasteiger partial charge in [0.1, 0.15) is 23.8 Å². The minimum atomic E-state index is 0.616. The minimum Gasteiger partial charge on any atom is -0.456 e. The van der Waals surface area contributed by atoms with Crippen LogP contribution in [0.5, 0.6) is 0 Å². The Morgan fingerprint density at radius 2 is 1.46 bits per heavy atom. The smallest absolute Gasteiger partial charge is 0.385 e. The SMILES string of the molecule is Cc1ccc2c(oc3nc(-c4ccccc4)ccc32)c1-c1oc2c3c(ccc2[n+]1C)oc1ccccc13. The van der Waals surface area contributed by atoms with Gasteiger partial charge in [-0.05, 0) is 36.8 Å². The second kappa shape index (κ2) is 7.31. The number of furan rings is 2. The summed E-state index contributed by atoms with van der Waals surface area (Å²) >= 11 is 0. The van der Waals surface area contributed by atoms with Crippen LogP contribution < -0.4 is 4.57 Å². The zero-order chi connectivity index (χ0) is 24.7. The first-order valence-electron chi connectivity index (χ1n) is 12.3. The predicted molar refractivity (Wildman–Crippen MR) is 145 cm³/mol. The van der Waals surface area contributed by atoms with Gasteiger partial charge in [0.15, 0.2) is 5.58 Å². The standard InChI is InChI=1S/C32H21N2O3/c1-18-12-13-20-21-14-15-23(19-8-4-3-5-9-19)33-31(21)36-29(20)27(18)32-34(2)24-16-17-26-28(30(24)37-32)22-10-6-7-11-25(22)35-26/h3-17H,1-2H3/q+1. The van der Waals surface area contributed by atoms with E-state index in [2.05, 4.69) is 54.0 Å². The van der Waals surface area contributed by atoms with Gasteiger partial charge >= 0.3 is 5.89 Å². The number of rotatable bonds is 2. The molecule has 0 amide bonds. The summed E-state index contributed by atoms with van der Waals surface area (Å²) < 4.78 is 21.3. The highest BCUT2D eigenvalue weighted by atomic mass is 16.4. The third kappa shape index (κ3) is 2.79. The van der Waals surface area contributed by atoms with Crippen LogP contribution in [0.2, 0.25) is 0 Å². The van der Waals surface area contributed by atoms with Gasteiger partial charge in [-0.3, -0.25) is 0 Å².